The summed E-state index contributed by atoms with van der Waals surface area (Å²) in [5.74, 6) is -0.345. The molecule has 2 fully saturated rings. The highest BCUT2D eigenvalue weighted by Crippen LogP contribution is 2.62. The lowest BCUT2D eigenvalue weighted by Gasteiger charge is -2.46. The maximum atomic E-state index is 13.7. The van der Waals surface area contributed by atoms with Crippen LogP contribution in [0.25, 0.3) is 0 Å². The van der Waals surface area contributed by atoms with Crippen molar-refractivity contribution in [3.8, 4) is 0 Å². The summed E-state index contributed by atoms with van der Waals surface area (Å²) in [6.45, 7) is 13.8. The van der Waals surface area contributed by atoms with E-state index in [0.29, 0.717) is 6.42 Å². The first kappa shape index (κ1) is 20.6. The van der Waals surface area contributed by atoms with Crippen LogP contribution in [0.5, 0.6) is 0 Å². The summed E-state index contributed by atoms with van der Waals surface area (Å²) in [7, 11) is 0. The molecule has 0 bridgehead atoms. The number of carbonyl (C=O) groups excluding carboxylic acids is 3. The third-order valence-corrected chi connectivity index (χ3v) is 7.78. The normalized spacial score (nSPS) is 31.0. The van der Waals surface area contributed by atoms with E-state index in [1.165, 1.54) is 6.92 Å². The summed E-state index contributed by atoms with van der Waals surface area (Å²) in [5, 5.41) is 2.97. The Labute approximate surface area is 178 Å². The monoisotopic (exact) mass is 409 g/mol. The fraction of sp³-hybridized carbons (Fsp3) is 0.542. The van der Waals surface area contributed by atoms with Gasteiger partial charge in [0.25, 0.3) is 0 Å². The van der Waals surface area contributed by atoms with Gasteiger partial charge in [-0.15, -0.1) is 6.58 Å². The van der Waals surface area contributed by atoms with Gasteiger partial charge in [0, 0.05) is 18.0 Å². The van der Waals surface area contributed by atoms with Gasteiger partial charge in [-0.3, -0.25) is 19.3 Å². The summed E-state index contributed by atoms with van der Waals surface area (Å²) in [6, 6.07) is 6.67. The summed E-state index contributed by atoms with van der Waals surface area (Å²) >= 11 is 0. The number of nitrogens with zero attached hydrogens (tertiary/aromatic N) is 2. The van der Waals surface area contributed by atoms with Crippen molar-refractivity contribution in [2.24, 2.45) is 11.3 Å². The standard InChI is InChI=1S/C24H31N3O3/c1-7-14(3)19-21(30)27-18(20(29)25-19)13-24(23(5,6)8-2)16-11-9-10-12-17(16)26(15(4)28)22(24)27/h8-12,14,18-19,22H,2,7,13H2,1,3-6H3,(H,25,29)/t14-,18-,19+,22-,24+/m0/s1. The molecule has 6 heteroatoms. The molecule has 0 unspecified atom stereocenters. The van der Waals surface area contributed by atoms with Gasteiger partial charge < -0.3 is 10.2 Å². The van der Waals surface area contributed by atoms with E-state index < -0.39 is 29.1 Å². The number of allylic oxidation sites excluding steroid dienone is 1. The predicted molar refractivity (Wildman–Crippen MR) is 116 cm³/mol. The van der Waals surface area contributed by atoms with Gasteiger partial charge in [-0.1, -0.05) is 58.4 Å². The highest BCUT2D eigenvalue weighted by molar-refractivity contribution is 6.02. The van der Waals surface area contributed by atoms with Crippen LogP contribution < -0.4 is 10.2 Å². The first-order chi connectivity index (χ1) is 14.1. The Morgan fingerprint density at radius 3 is 2.63 bits per heavy atom. The number of benzene rings is 1. The lowest BCUT2D eigenvalue weighted by molar-refractivity contribution is -0.151. The highest BCUT2D eigenvalue weighted by Gasteiger charge is 2.70. The van der Waals surface area contributed by atoms with Crippen LogP contribution in [0, 0.1) is 11.3 Å². The topological polar surface area (TPSA) is 69.7 Å². The van der Waals surface area contributed by atoms with E-state index >= 15 is 0 Å². The third kappa shape index (κ3) is 2.39. The van der Waals surface area contributed by atoms with Crippen LogP contribution in [0.4, 0.5) is 5.69 Å². The lowest BCUT2D eigenvalue weighted by atomic mass is 9.60. The SMILES string of the molecule is C=CC(C)(C)[C@@]12C[C@H]3C(=O)N[C@H]([C@@H](C)CC)C(=O)N3[C@@H]1N(C(C)=O)c1ccccc12. The molecular formula is C24H31N3O3. The van der Waals surface area contributed by atoms with E-state index in [9.17, 15) is 14.4 Å². The lowest BCUT2D eigenvalue weighted by Crippen LogP contribution is -2.67. The van der Waals surface area contributed by atoms with E-state index in [0.717, 1.165) is 17.7 Å². The molecule has 0 radical (unpaired) electrons. The zero-order chi connectivity index (χ0) is 22.0. The predicted octanol–water partition coefficient (Wildman–Crippen LogP) is 2.97. The molecule has 4 rings (SSSR count). The van der Waals surface area contributed by atoms with Crippen LogP contribution in [0.1, 0.15) is 53.0 Å². The maximum Gasteiger partial charge on any atom is 0.247 e. The Morgan fingerprint density at radius 2 is 2.03 bits per heavy atom. The third-order valence-electron chi connectivity index (χ3n) is 7.78. The number of amides is 3. The van der Waals surface area contributed by atoms with E-state index in [1.807, 2.05) is 44.2 Å². The average Bonchev–Trinajstić information content (AvgIpc) is 3.22. The van der Waals surface area contributed by atoms with Crippen molar-refractivity contribution in [2.45, 2.75) is 71.1 Å². The van der Waals surface area contributed by atoms with Crippen molar-refractivity contribution >= 4 is 23.4 Å². The van der Waals surface area contributed by atoms with Gasteiger partial charge in [0.15, 0.2) is 0 Å². The average molecular weight is 410 g/mol. The molecule has 1 N–H and O–H groups in total. The second-order valence-electron chi connectivity index (χ2n) is 9.51. The molecular weight excluding hydrogens is 378 g/mol. The fourth-order valence-electron chi connectivity index (χ4n) is 5.76. The largest absolute Gasteiger partial charge is 0.342 e. The van der Waals surface area contributed by atoms with Crippen molar-refractivity contribution in [3.63, 3.8) is 0 Å². The van der Waals surface area contributed by atoms with Crippen molar-refractivity contribution < 1.29 is 14.4 Å². The number of nitrogens with one attached hydrogen (secondary N) is 1. The second-order valence-corrected chi connectivity index (χ2v) is 9.51. The molecule has 3 heterocycles. The Hall–Kier alpha value is -2.63. The Morgan fingerprint density at radius 1 is 1.37 bits per heavy atom. The number of anilines is 1. The quantitative estimate of drug-likeness (QED) is 0.778. The smallest absolute Gasteiger partial charge is 0.247 e. The molecule has 0 aromatic heterocycles. The molecule has 3 aliphatic heterocycles. The molecule has 5 atom stereocenters. The van der Waals surface area contributed by atoms with Crippen molar-refractivity contribution in [1.29, 1.82) is 0 Å². The number of hydrogen-bond acceptors (Lipinski definition) is 3. The van der Waals surface area contributed by atoms with Gasteiger partial charge in [-0.2, -0.15) is 0 Å². The van der Waals surface area contributed by atoms with E-state index in [4.69, 9.17) is 0 Å². The van der Waals surface area contributed by atoms with Crippen LogP contribution >= 0.6 is 0 Å². The minimum atomic E-state index is -0.612. The summed E-state index contributed by atoms with van der Waals surface area (Å²) in [4.78, 5) is 43.3. The number of rotatable bonds is 4. The number of carbonyl (C=O) groups is 3. The van der Waals surface area contributed by atoms with Gasteiger partial charge in [0.1, 0.15) is 18.2 Å². The van der Waals surface area contributed by atoms with Gasteiger partial charge in [0.05, 0.1) is 0 Å². The second kappa shape index (κ2) is 6.69. The van der Waals surface area contributed by atoms with Gasteiger partial charge in [-0.25, -0.2) is 0 Å². The van der Waals surface area contributed by atoms with Crippen molar-refractivity contribution in [1.82, 2.24) is 10.2 Å². The molecule has 1 aromatic rings. The summed E-state index contributed by atoms with van der Waals surface area (Å²) in [6.07, 6.45) is 2.59. The first-order valence-corrected chi connectivity index (χ1v) is 10.8. The molecule has 3 aliphatic rings. The molecule has 1 aromatic carbocycles. The van der Waals surface area contributed by atoms with Crippen LogP contribution in [0.3, 0.4) is 0 Å². The molecule has 0 spiro atoms. The van der Waals surface area contributed by atoms with Crippen LogP contribution in [0.15, 0.2) is 36.9 Å². The summed E-state index contributed by atoms with van der Waals surface area (Å²) in [5.41, 5.74) is 0.758. The van der Waals surface area contributed by atoms with Crippen LogP contribution in [-0.4, -0.2) is 40.9 Å². The van der Waals surface area contributed by atoms with Gasteiger partial charge in [-0.05, 0) is 29.4 Å². The minimum absolute atomic E-state index is 0.0133. The minimum Gasteiger partial charge on any atom is -0.342 e. The number of fused-ring (bicyclic) bond motifs is 5. The first-order valence-electron chi connectivity index (χ1n) is 10.8. The Kier molecular flexibility index (Phi) is 4.60. The van der Waals surface area contributed by atoms with E-state index in [1.54, 1.807) is 9.80 Å². The fourth-order valence-corrected chi connectivity index (χ4v) is 5.76. The van der Waals surface area contributed by atoms with Crippen LogP contribution in [0.2, 0.25) is 0 Å². The van der Waals surface area contributed by atoms with Crippen LogP contribution in [-0.2, 0) is 19.8 Å². The van der Waals surface area contributed by atoms with Crippen molar-refractivity contribution in [3.05, 3.63) is 42.5 Å². The zero-order valence-corrected chi connectivity index (χ0v) is 18.4. The highest BCUT2D eigenvalue weighted by atomic mass is 16.2. The van der Waals surface area contributed by atoms with Gasteiger partial charge in [0.2, 0.25) is 17.7 Å². The number of piperazine rings is 1. The maximum absolute atomic E-state index is 13.7. The molecule has 0 saturated carbocycles. The number of hydrogen-bond donors (Lipinski definition) is 1. The molecule has 30 heavy (non-hydrogen) atoms. The van der Waals surface area contributed by atoms with Crippen molar-refractivity contribution in [2.75, 3.05) is 4.90 Å². The molecule has 2 saturated heterocycles. The van der Waals surface area contributed by atoms with E-state index in [-0.39, 0.29) is 23.6 Å². The van der Waals surface area contributed by atoms with Gasteiger partial charge >= 0.3 is 0 Å². The Bertz CT molecular complexity index is 939. The van der Waals surface area contributed by atoms with E-state index in [2.05, 4.69) is 25.7 Å². The molecule has 3 amide bonds. The summed E-state index contributed by atoms with van der Waals surface area (Å²) < 4.78 is 0. The molecule has 0 aliphatic carbocycles. The Balaban J connectivity index is 1.97. The molecule has 160 valence electrons. The number of para-hydroxylation sites is 1. The zero-order valence-electron chi connectivity index (χ0n) is 18.4. The molecule has 6 nitrogen and oxygen atoms in total.